The maximum Gasteiger partial charge on any atom is 0.194 e. The van der Waals surface area contributed by atoms with Gasteiger partial charge in [-0.15, -0.1) is 0 Å². The third kappa shape index (κ3) is 4.48. The number of hydrogen-bond acceptors (Lipinski definition) is 4. The fourth-order valence-electron chi connectivity index (χ4n) is 3.73. The predicted octanol–water partition coefficient (Wildman–Crippen LogP) is 2.02. The second-order valence-electron chi connectivity index (χ2n) is 7.33. The van der Waals surface area contributed by atoms with Crippen LogP contribution in [-0.4, -0.2) is 70.5 Å². The molecule has 2 fully saturated rings. The summed E-state index contributed by atoms with van der Waals surface area (Å²) in [5.41, 5.74) is 3.78. The molecular weight excluding hydrogens is 328 g/mol. The van der Waals surface area contributed by atoms with Gasteiger partial charge in [0.15, 0.2) is 5.96 Å². The molecule has 0 bridgehead atoms. The van der Waals surface area contributed by atoms with E-state index in [1.807, 2.05) is 7.05 Å². The van der Waals surface area contributed by atoms with Gasteiger partial charge in [0, 0.05) is 53.1 Å². The zero-order valence-corrected chi connectivity index (χ0v) is 16.5. The fraction of sp³-hybridized carbons (Fsp3) is 0.650. The molecular formula is C20H32N4O2. The van der Waals surface area contributed by atoms with Crippen LogP contribution in [-0.2, 0) is 16.0 Å². The lowest BCUT2D eigenvalue weighted by atomic mass is 10.1. The molecule has 0 amide bonds. The smallest absolute Gasteiger partial charge is 0.194 e. The molecule has 2 saturated heterocycles. The van der Waals surface area contributed by atoms with Crippen molar-refractivity contribution in [2.45, 2.75) is 38.5 Å². The van der Waals surface area contributed by atoms with Gasteiger partial charge >= 0.3 is 0 Å². The van der Waals surface area contributed by atoms with E-state index >= 15 is 0 Å². The average Bonchev–Trinajstić information content (AvgIpc) is 3.18. The lowest BCUT2D eigenvalue weighted by molar-refractivity contribution is -0.0817. The normalized spacial score (nSPS) is 24.0. The van der Waals surface area contributed by atoms with Crippen LogP contribution in [0.3, 0.4) is 0 Å². The van der Waals surface area contributed by atoms with Crippen LogP contribution in [0.25, 0.3) is 0 Å². The molecule has 2 aliphatic rings. The van der Waals surface area contributed by atoms with Gasteiger partial charge in [-0.2, -0.15) is 0 Å². The van der Waals surface area contributed by atoms with Gasteiger partial charge in [0.2, 0.25) is 0 Å². The van der Waals surface area contributed by atoms with E-state index in [2.05, 4.69) is 59.3 Å². The van der Waals surface area contributed by atoms with Crippen LogP contribution in [0.5, 0.6) is 0 Å². The summed E-state index contributed by atoms with van der Waals surface area (Å²) < 4.78 is 11.8. The molecule has 26 heavy (non-hydrogen) atoms. The van der Waals surface area contributed by atoms with Crippen LogP contribution in [0, 0.1) is 6.92 Å². The monoisotopic (exact) mass is 360 g/mol. The van der Waals surface area contributed by atoms with E-state index in [0.717, 1.165) is 51.6 Å². The third-order valence-corrected chi connectivity index (χ3v) is 5.14. The average molecular weight is 361 g/mol. The maximum atomic E-state index is 5.96. The van der Waals surface area contributed by atoms with E-state index in [1.54, 1.807) is 0 Å². The molecule has 0 spiro atoms. The van der Waals surface area contributed by atoms with Crippen LogP contribution in [0.2, 0.25) is 0 Å². The molecule has 0 radical (unpaired) electrons. The molecule has 2 aliphatic heterocycles. The molecule has 3 rings (SSSR count). The Balaban J connectivity index is 1.63. The zero-order chi connectivity index (χ0) is 18.5. The summed E-state index contributed by atoms with van der Waals surface area (Å²) in [6.07, 6.45) is 2.60. The minimum absolute atomic E-state index is 0.140. The van der Waals surface area contributed by atoms with Gasteiger partial charge in [-0.25, -0.2) is 0 Å². The van der Waals surface area contributed by atoms with E-state index in [9.17, 15) is 0 Å². The minimum Gasteiger partial charge on any atom is -0.377 e. The maximum absolute atomic E-state index is 5.96. The Bertz CT molecular complexity index is 626. The van der Waals surface area contributed by atoms with Crippen molar-refractivity contribution in [3.63, 3.8) is 0 Å². The molecule has 0 aromatic heterocycles. The van der Waals surface area contributed by atoms with E-state index in [1.165, 1.54) is 16.8 Å². The van der Waals surface area contributed by atoms with E-state index in [-0.39, 0.29) is 12.2 Å². The summed E-state index contributed by atoms with van der Waals surface area (Å²) in [5.74, 6) is 0.932. The molecule has 2 atom stereocenters. The molecule has 0 saturated carbocycles. The largest absolute Gasteiger partial charge is 0.377 e. The predicted molar refractivity (Wildman–Crippen MR) is 106 cm³/mol. The van der Waals surface area contributed by atoms with E-state index in [0.29, 0.717) is 0 Å². The lowest BCUT2D eigenvalue weighted by Crippen LogP contribution is -2.53. The Morgan fingerprint density at radius 2 is 2.08 bits per heavy atom. The van der Waals surface area contributed by atoms with Crippen molar-refractivity contribution in [3.05, 3.63) is 29.3 Å². The van der Waals surface area contributed by atoms with Gasteiger partial charge in [0.1, 0.15) is 6.10 Å². The van der Waals surface area contributed by atoms with Gasteiger partial charge in [-0.05, 0) is 37.0 Å². The van der Waals surface area contributed by atoms with Crippen molar-refractivity contribution < 1.29 is 9.47 Å². The number of nitrogens with one attached hydrogen (secondary N) is 1. The number of hydrogen-bond donors (Lipinski definition) is 1. The zero-order valence-electron chi connectivity index (χ0n) is 16.5. The van der Waals surface area contributed by atoms with Gasteiger partial charge < -0.3 is 24.6 Å². The SMILES string of the molecule is CN=C(NCc1ccc(C)cc1N(C)C)N1CCOC(C2CCCO2)C1. The van der Waals surface area contributed by atoms with Crippen molar-refractivity contribution >= 4 is 11.6 Å². The number of morpholine rings is 1. The van der Waals surface area contributed by atoms with Crippen LogP contribution < -0.4 is 10.2 Å². The second kappa shape index (κ2) is 8.73. The highest BCUT2D eigenvalue weighted by molar-refractivity contribution is 5.80. The van der Waals surface area contributed by atoms with Crippen LogP contribution in [0.15, 0.2) is 23.2 Å². The van der Waals surface area contributed by atoms with Crippen LogP contribution in [0.4, 0.5) is 5.69 Å². The molecule has 144 valence electrons. The van der Waals surface area contributed by atoms with E-state index < -0.39 is 0 Å². The Labute approximate surface area is 157 Å². The summed E-state index contributed by atoms with van der Waals surface area (Å²) in [7, 11) is 6.02. The highest BCUT2D eigenvalue weighted by Crippen LogP contribution is 2.22. The summed E-state index contributed by atoms with van der Waals surface area (Å²) in [6.45, 7) is 6.15. The number of aliphatic imine (C=N–C) groups is 1. The molecule has 2 unspecified atom stereocenters. The first kappa shape index (κ1) is 19.0. The van der Waals surface area contributed by atoms with Gasteiger partial charge in [0.05, 0.1) is 12.7 Å². The molecule has 2 heterocycles. The van der Waals surface area contributed by atoms with Crippen molar-refractivity contribution in [2.75, 3.05) is 52.3 Å². The quantitative estimate of drug-likeness (QED) is 0.658. The van der Waals surface area contributed by atoms with Gasteiger partial charge in [0.25, 0.3) is 0 Å². The van der Waals surface area contributed by atoms with Gasteiger partial charge in [-0.3, -0.25) is 4.99 Å². The van der Waals surface area contributed by atoms with Crippen LogP contribution >= 0.6 is 0 Å². The lowest BCUT2D eigenvalue weighted by Gasteiger charge is -2.37. The molecule has 1 N–H and O–H groups in total. The Kier molecular flexibility index (Phi) is 6.38. The highest BCUT2D eigenvalue weighted by Gasteiger charge is 2.32. The molecule has 6 heteroatoms. The summed E-state index contributed by atoms with van der Waals surface area (Å²) in [5, 5.41) is 3.53. The summed E-state index contributed by atoms with van der Waals surface area (Å²) in [6, 6.07) is 6.58. The van der Waals surface area contributed by atoms with Crippen LogP contribution in [0.1, 0.15) is 24.0 Å². The topological polar surface area (TPSA) is 49.3 Å². The second-order valence-corrected chi connectivity index (χ2v) is 7.33. The molecule has 6 nitrogen and oxygen atoms in total. The number of ether oxygens (including phenoxy) is 2. The van der Waals surface area contributed by atoms with Crippen molar-refractivity contribution in [1.29, 1.82) is 0 Å². The first-order valence-electron chi connectivity index (χ1n) is 9.54. The van der Waals surface area contributed by atoms with Crippen molar-refractivity contribution in [3.8, 4) is 0 Å². The number of guanidine groups is 1. The minimum atomic E-state index is 0.140. The van der Waals surface area contributed by atoms with Crippen molar-refractivity contribution in [1.82, 2.24) is 10.2 Å². The number of anilines is 1. The van der Waals surface area contributed by atoms with Gasteiger partial charge in [-0.1, -0.05) is 12.1 Å². The number of rotatable bonds is 4. The molecule has 1 aromatic carbocycles. The Morgan fingerprint density at radius 1 is 1.27 bits per heavy atom. The molecule has 0 aliphatic carbocycles. The number of nitrogens with zero attached hydrogens (tertiary/aromatic N) is 3. The summed E-state index contributed by atoms with van der Waals surface area (Å²) in [4.78, 5) is 8.95. The first-order valence-corrected chi connectivity index (χ1v) is 9.54. The standard InChI is InChI=1S/C20H32N4O2/c1-15-7-8-16(17(12-15)23(3)4)13-22-20(21-2)24-9-11-26-19(14-24)18-6-5-10-25-18/h7-8,12,18-19H,5-6,9-11,13-14H2,1-4H3,(H,21,22). The summed E-state index contributed by atoms with van der Waals surface area (Å²) >= 11 is 0. The molecule has 1 aromatic rings. The number of benzene rings is 1. The highest BCUT2D eigenvalue weighted by atomic mass is 16.5. The Morgan fingerprint density at radius 3 is 2.77 bits per heavy atom. The Hall–Kier alpha value is -1.79. The first-order chi connectivity index (χ1) is 12.6. The van der Waals surface area contributed by atoms with Crippen molar-refractivity contribution in [2.24, 2.45) is 4.99 Å². The number of aryl methyl sites for hydroxylation is 1. The van der Waals surface area contributed by atoms with E-state index in [4.69, 9.17) is 9.47 Å². The fourth-order valence-corrected chi connectivity index (χ4v) is 3.73. The third-order valence-electron chi connectivity index (χ3n) is 5.14.